The fraction of sp³-hybridized carbons (Fsp3) is 0.755. The number of carbonyl (C=O) groups is 1. The molecule has 7 aliphatic rings. The molecule has 0 bridgehead atoms. The molecular formula is C49H72ClN3O3S. The van der Waals surface area contributed by atoms with Gasteiger partial charge >= 0.3 is 5.97 Å². The Morgan fingerprint density at radius 2 is 1.79 bits per heavy atom. The van der Waals surface area contributed by atoms with Gasteiger partial charge in [-0.25, -0.2) is 4.98 Å². The molecule has 314 valence electrons. The van der Waals surface area contributed by atoms with E-state index < -0.39 is 11.4 Å². The van der Waals surface area contributed by atoms with E-state index in [4.69, 9.17) is 16.3 Å². The molecule has 5 fully saturated rings. The molecule has 57 heavy (non-hydrogen) atoms. The van der Waals surface area contributed by atoms with Crippen LogP contribution in [0.5, 0.6) is 5.75 Å². The third-order valence-corrected chi connectivity index (χ3v) is 19.8. The third-order valence-electron chi connectivity index (χ3n) is 18.6. The van der Waals surface area contributed by atoms with Crippen LogP contribution in [0, 0.1) is 56.7 Å². The second-order valence-electron chi connectivity index (χ2n) is 21.2. The number of hydrogen-bond donors (Lipinski definition) is 2. The minimum atomic E-state index is -0.808. The molecule has 1 aromatic heterocycles. The lowest BCUT2D eigenvalue weighted by molar-refractivity contribution is -0.221. The van der Waals surface area contributed by atoms with Crippen molar-refractivity contribution >= 4 is 29.3 Å². The van der Waals surface area contributed by atoms with E-state index in [1.54, 1.807) is 18.3 Å². The Labute approximate surface area is 353 Å². The normalized spacial score (nSPS) is 41.4. The molecule has 1 unspecified atom stereocenters. The van der Waals surface area contributed by atoms with Gasteiger partial charge in [0.25, 0.3) is 0 Å². The highest BCUT2D eigenvalue weighted by Crippen LogP contribution is 2.76. The van der Waals surface area contributed by atoms with Crippen LogP contribution < -0.4 is 10.1 Å². The Morgan fingerprint density at radius 1 is 1.00 bits per heavy atom. The summed E-state index contributed by atoms with van der Waals surface area (Å²) < 4.78 is 5.95. The molecule has 2 N–H and O–H groups in total. The SMILES string of the molecule is C=C(C)[C@@H]1CC[C@]2(NCCN3CCSCC3)CC[C@]3(C)[C@H](CC[C@@H]4[C@@]5(C)CC=C(C6=CCC(CCOc7ccnc(Cl)c7)(C(=O)O)CC6)C(C)(C)[C@@H]5CC[C@]43C)[C@@H]12. The molecular weight excluding hydrogens is 746 g/mol. The van der Waals surface area contributed by atoms with E-state index in [1.807, 2.05) is 0 Å². The summed E-state index contributed by atoms with van der Waals surface area (Å²) >= 11 is 8.16. The Balaban J connectivity index is 1.000. The number of fused-ring (bicyclic) bond motifs is 7. The van der Waals surface area contributed by atoms with Crippen molar-refractivity contribution in [3.8, 4) is 5.75 Å². The number of thioether (sulfide) groups is 1. The first-order chi connectivity index (χ1) is 27.1. The topological polar surface area (TPSA) is 74.7 Å². The van der Waals surface area contributed by atoms with Gasteiger partial charge < -0.3 is 20.1 Å². The van der Waals surface area contributed by atoms with Gasteiger partial charge in [-0.3, -0.25) is 4.79 Å². The number of ether oxygens (including phenoxy) is 1. The van der Waals surface area contributed by atoms with Crippen LogP contribution in [0.1, 0.15) is 125 Å². The number of nitrogens with zero attached hydrogens (tertiary/aromatic N) is 2. The average molecular weight is 819 g/mol. The molecule has 0 amide bonds. The first kappa shape index (κ1) is 41.9. The number of aliphatic carboxylic acids is 1. The van der Waals surface area contributed by atoms with Crippen LogP contribution in [0.25, 0.3) is 0 Å². The number of nitrogens with one attached hydrogen (secondary N) is 1. The van der Waals surface area contributed by atoms with Crippen molar-refractivity contribution in [2.45, 2.75) is 131 Å². The highest BCUT2D eigenvalue weighted by atomic mass is 35.5. The number of carboxylic acids is 1. The van der Waals surface area contributed by atoms with Gasteiger partial charge in [0.1, 0.15) is 10.9 Å². The van der Waals surface area contributed by atoms with E-state index in [1.165, 1.54) is 99.2 Å². The number of halogens is 1. The lowest BCUT2D eigenvalue weighted by Crippen LogP contribution is -2.68. The predicted molar refractivity (Wildman–Crippen MR) is 236 cm³/mol. The van der Waals surface area contributed by atoms with Gasteiger partial charge in [0, 0.05) is 55.5 Å². The molecule has 0 spiro atoms. The van der Waals surface area contributed by atoms with Gasteiger partial charge in [-0.1, -0.05) is 70.5 Å². The second kappa shape index (κ2) is 15.6. The Kier molecular flexibility index (Phi) is 11.5. The zero-order valence-electron chi connectivity index (χ0n) is 36.1. The maximum absolute atomic E-state index is 12.8. The summed E-state index contributed by atoms with van der Waals surface area (Å²) in [7, 11) is 0. The molecule has 2 heterocycles. The lowest BCUT2D eigenvalue weighted by atomic mass is 9.33. The van der Waals surface area contributed by atoms with Crippen LogP contribution in [0.4, 0.5) is 0 Å². The van der Waals surface area contributed by atoms with Gasteiger partial charge in [-0.05, 0) is 159 Å². The predicted octanol–water partition coefficient (Wildman–Crippen LogP) is 11.3. The van der Waals surface area contributed by atoms with Crippen LogP contribution in [0.3, 0.4) is 0 Å². The van der Waals surface area contributed by atoms with Crippen LogP contribution in [0.15, 0.2) is 53.8 Å². The van der Waals surface area contributed by atoms with Crippen molar-refractivity contribution in [1.29, 1.82) is 0 Å². The number of allylic oxidation sites excluding steroid dienone is 5. The smallest absolute Gasteiger partial charge is 0.310 e. The summed E-state index contributed by atoms with van der Waals surface area (Å²) in [6.45, 7) is 25.4. The van der Waals surface area contributed by atoms with E-state index >= 15 is 0 Å². The summed E-state index contributed by atoms with van der Waals surface area (Å²) in [6, 6.07) is 3.45. The summed E-state index contributed by atoms with van der Waals surface area (Å²) in [5.74, 6) is 5.88. The molecule has 1 saturated heterocycles. The van der Waals surface area contributed by atoms with Gasteiger partial charge in [0.15, 0.2) is 0 Å². The fourth-order valence-electron chi connectivity index (χ4n) is 15.4. The van der Waals surface area contributed by atoms with Crippen molar-refractivity contribution in [2.75, 3.05) is 44.3 Å². The van der Waals surface area contributed by atoms with Gasteiger partial charge in [-0.15, -0.1) is 0 Å². The highest BCUT2D eigenvalue weighted by molar-refractivity contribution is 7.99. The molecule has 0 radical (unpaired) electrons. The van der Waals surface area contributed by atoms with Crippen molar-refractivity contribution in [2.24, 2.45) is 56.7 Å². The van der Waals surface area contributed by atoms with Crippen molar-refractivity contribution < 1.29 is 14.6 Å². The van der Waals surface area contributed by atoms with Crippen molar-refractivity contribution in [1.82, 2.24) is 15.2 Å². The zero-order valence-corrected chi connectivity index (χ0v) is 37.6. The minimum absolute atomic E-state index is 0.0417. The van der Waals surface area contributed by atoms with Crippen LogP contribution >= 0.6 is 23.4 Å². The number of rotatable bonds is 11. The Hall–Kier alpha value is -1.80. The van der Waals surface area contributed by atoms with E-state index in [2.05, 4.69) is 87.2 Å². The van der Waals surface area contributed by atoms with Gasteiger partial charge in [0.2, 0.25) is 0 Å². The van der Waals surface area contributed by atoms with Crippen molar-refractivity contribution in [3.05, 3.63) is 58.9 Å². The Bertz CT molecular complexity index is 1770. The minimum Gasteiger partial charge on any atom is -0.493 e. The average Bonchev–Trinajstić information content (AvgIpc) is 3.56. The first-order valence-electron chi connectivity index (χ1n) is 22.7. The van der Waals surface area contributed by atoms with Crippen molar-refractivity contribution in [3.63, 3.8) is 0 Å². The molecule has 8 rings (SSSR count). The molecule has 8 heteroatoms. The number of hydrogen-bond acceptors (Lipinski definition) is 6. The third kappa shape index (κ3) is 7.00. The lowest BCUT2D eigenvalue weighted by Gasteiger charge is -2.72. The number of pyridine rings is 1. The van der Waals surface area contributed by atoms with Crippen LogP contribution in [0.2, 0.25) is 5.15 Å². The molecule has 10 atom stereocenters. The van der Waals surface area contributed by atoms with E-state index in [0.717, 1.165) is 25.3 Å². The fourth-order valence-corrected chi connectivity index (χ4v) is 16.5. The molecule has 6 aliphatic carbocycles. The first-order valence-corrected chi connectivity index (χ1v) is 24.2. The quantitative estimate of drug-likeness (QED) is 0.170. The number of aromatic nitrogens is 1. The standard InChI is InChI=1S/C49H72ClN3O3S/c1-33(2)36-12-20-49(52-25-26-53-27-30-57-31-28-53)22-21-46(6)38(42(36)49)8-9-40-45(5)16-13-37(44(3,4)39(45)14-17-47(40,46)7)34-10-18-48(19-11-34,43(54)55)23-29-56-35-15-24-51-41(50)32-35/h10,13,15,24,32,36,38-40,42,52H,1,8-9,11-12,14,16-23,25-31H2,2-7H3,(H,54,55)/t36-,38+,39-,40+,42+,45-,46+,47+,48?,49-/m0/s1. The summed E-state index contributed by atoms with van der Waals surface area (Å²) in [5, 5.41) is 15.2. The second-order valence-corrected chi connectivity index (χ2v) is 22.8. The summed E-state index contributed by atoms with van der Waals surface area (Å²) in [6.07, 6.45) is 20.8. The maximum atomic E-state index is 12.8. The summed E-state index contributed by atoms with van der Waals surface area (Å²) in [5.41, 5.74) is 4.72. The van der Waals surface area contributed by atoms with Crippen LogP contribution in [-0.2, 0) is 4.79 Å². The van der Waals surface area contributed by atoms with E-state index in [9.17, 15) is 9.90 Å². The molecule has 1 aliphatic heterocycles. The number of carboxylic acid groups (broad SMARTS) is 1. The highest BCUT2D eigenvalue weighted by Gasteiger charge is 2.70. The maximum Gasteiger partial charge on any atom is 0.310 e. The molecule has 0 aromatic carbocycles. The largest absolute Gasteiger partial charge is 0.493 e. The molecule has 6 nitrogen and oxygen atoms in total. The zero-order chi connectivity index (χ0) is 40.4. The molecule has 4 saturated carbocycles. The van der Waals surface area contributed by atoms with E-state index in [0.29, 0.717) is 71.3 Å². The van der Waals surface area contributed by atoms with Gasteiger partial charge in [-0.2, -0.15) is 11.8 Å². The summed E-state index contributed by atoms with van der Waals surface area (Å²) in [4.78, 5) is 19.5. The van der Waals surface area contributed by atoms with Gasteiger partial charge in [0.05, 0.1) is 12.0 Å². The van der Waals surface area contributed by atoms with Crippen LogP contribution in [-0.4, -0.2) is 70.8 Å². The Morgan fingerprint density at radius 3 is 2.49 bits per heavy atom. The molecule has 1 aromatic rings. The van der Waals surface area contributed by atoms with E-state index in [-0.39, 0.29) is 16.4 Å². The monoisotopic (exact) mass is 817 g/mol.